The van der Waals surface area contributed by atoms with E-state index < -0.39 is 0 Å². The zero-order valence-electron chi connectivity index (χ0n) is 11.4. The lowest BCUT2D eigenvalue weighted by molar-refractivity contribution is 0.509. The molecule has 1 aromatic heterocycles. The maximum atomic E-state index is 4.17. The summed E-state index contributed by atoms with van der Waals surface area (Å²) in [7, 11) is 1.93. The van der Waals surface area contributed by atoms with Gasteiger partial charge in [-0.2, -0.15) is 5.10 Å². The molecule has 0 aliphatic carbocycles. The summed E-state index contributed by atoms with van der Waals surface area (Å²) < 4.78 is 1.82. The van der Waals surface area contributed by atoms with Gasteiger partial charge in [0.15, 0.2) is 0 Å². The highest BCUT2D eigenvalue weighted by atomic mass is 15.3. The number of hydrogen-bond acceptors (Lipinski definition) is 3. The van der Waals surface area contributed by atoms with Crippen LogP contribution in [0.4, 0.5) is 0 Å². The Labute approximate surface area is 105 Å². The molecule has 0 aliphatic rings. The van der Waals surface area contributed by atoms with Gasteiger partial charge >= 0.3 is 0 Å². The molecule has 0 saturated carbocycles. The van der Waals surface area contributed by atoms with Crippen molar-refractivity contribution in [3.05, 3.63) is 12.2 Å². The second-order valence-electron chi connectivity index (χ2n) is 5.07. The van der Waals surface area contributed by atoms with Crippen LogP contribution in [-0.2, 0) is 13.6 Å². The molecule has 98 valence electrons. The molecule has 0 saturated heterocycles. The van der Waals surface area contributed by atoms with E-state index in [1.807, 2.05) is 11.7 Å². The molecule has 4 nitrogen and oxygen atoms in total. The van der Waals surface area contributed by atoms with Gasteiger partial charge in [0, 0.05) is 7.05 Å². The Bertz CT molecular complexity index is 293. The topological polar surface area (TPSA) is 42.7 Å². The van der Waals surface area contributed by atoms with Gasteiger partial charge in [-0.15, -0.1) is 0 Å². The molecule has 0 bridgehead atoms. The van der Waals surface area contributed by atoms with Crippen molar-refractivity contribution in [1.29, 1.82) is 0 Å². The first-order valence-electron chi connectivity index (χ1n) is 6.73. The minimum atomic E-state index is 0.822. The Morgan fingerprint density at radius 3 is 2.65 bits per heavy atom. The lowest BCUT2D eigenvalue weighted by Gasteiger charge is -2.05. The first-order valence-corrected chi connectivity index (χ1v) is 6.73. The average molecular weight is 238 g/mol. The number of nitrogens with zero attached hydrogens (tertiary/aromatic N) is 3. The molecule has 17 heavy (non-hydrogen) atoms. The van der Waals surface area contributed by atoms with E-state index in [0.29, 0.717) is 0 Å². The Morgan fingerprint density at radius 2 is 2.00 bits per heavy atom. The van der Waals surface area contributed by atoms with E-state index in [1.54, 1.807) is 6.33 Å². The molecule has 4 heteroatoms. The van der Waals surface area contributed by atoms with Gasteiger partial charge in [-0.3, -0.25) is 4.68 Å². The molecule has 1 rings (SSSR count). The van der Waals surface area contributed by atoms with Crippen LogP contribution < -0.4 is 5.32 Å². The number of nitrogens with one attached hydrogen (secondary N) is 1. The molecule has 0 amide bonds. The summed E-state index contributed by atoms with van der Waals surface area (Å²) in [5.74, 6) is 1.86. The standard InChI is InChI=1S/C13H26N4/c1-12(2)8-6-4-5-7-9-14-10-13-15-11-16-17(13)3/h11-12,14H,4-10H2,1-3H3. The second kappa shape index (κ2) is 8.23. The van der Waals surface area contributed by atoms with Crippen LogP contribution in [-0.4, -0.2) is 21.3 Å². The molecular weight excluding hydrogens is 212 g/mol. The van der Waals surface area contributed by atoms with E-state index in [-0.39, 0.29) is 0 Å². The van der Waals surface area contributed by atoms with Crippen LogP contribution in [0.1, 0.15) is 51.8 Å². The summed E-state index contributed by atoms with van der Waals surface area (Å²) in [6.07, 6.45) is 8.30. The van der Waals surface area contributed by atoms with Gasteiger partial charge in [0.1, 0.15) is 12.2 Å². The molecular formula is C13H26N4. The second-order valence-corrected chi connectivity index (χ2v) is 5.07. The van der Waals surface area contributed by atoms with Crippen molar-refractivity contribution >= 4 is 0 Å². The van der Waals surface area contributed by atoms with Gasteiger partial charge in [-0.1, -0.05) is 39.5 Å². The third-order valence-corrected chi connectivity index (χ3v) is 2.97. The smallest absolute Gasteiger partial charge is 0.140 e. The molecule has 0 radical (unpaired) electrons. The van der Waals surface area contributed by atoms with Crippen molar-refractivity contribution in [1.82, 2.24) is 20.1 Å². The van der Waals surface area contributed by atoms with Crippen molar-refractivity contribution in [2.45, 2.75) is 52.5 Å². The molecule has 0 unspecified atom stereocenters. The summed E-state index contributed by atoms with van der Waals surface area (Å²) in [4.78, 5) is 4.17. The number of hydrogen-bond donors (Lipinski definition) is 1. The van der Waals surface area contributed by atoms with Crippen LogP contribution in [0.5, 0.6) is 0 Å². The van der Waals surface area contributed by atoms with Crippen LogP contribution in [0.3, 0.4) is 0 Å². The molecule has 0 aliphatic heterocycles. The largest absolute Gasteiger partial charge is 0.310 e. The number of aryl methyl sites for hydroxylation is 1. The normalized spacial score (nSPS) is 11.3. The van der Waals surface area contributed by atoms with E-state index in [0.717, 1.165) is 24.8 Å². The maximum Gasteiger partial charge on any atom is 0.140 e. The molecule has 1 aromatic rings. The van der Waals surface area contributed by atoms with Gasteiger partial charge in [0.2, 0.25) is 0 Å². The summed E-state index contributed by atoms with van der Waals surface area (Å²) in [6.45, 7) is 6.49. The predicted octanol–water partition coefficient (Wildman–Crippen LogP) is 2.51. The van der Waals surface area contributed by atoms with Gasteiger partial charge in [0.05, 0.1) is 6.54 Å². The molecule has 0 atom stereocenters. The Balaban J connectivity index is 1.90. The van der Waals surface area contributed by atoms with Crippen molar-refractivity contribution in [2.24, 2.45) is 13.0 Å². The quantitative estimate of drug-likeness (QED) is 0.672. The predicted molar refractivity (Wildman–Crippen MR) is 70.6 cm³/mol. The molecule has 0 aromatic carbocycles. The van der Waals surface area contributed by atoms with Crippen molar-refractivity contribution in [2.75, 3.05) is 6.54 Å². The highest BCUT2D eigenvalue weighted by molar-refractivity contribution is 4.81. The van der Waals surface area contributed by atoms with Crippen molar-refractivity contribution < 1.29 is 0 Å². The Morgan fingerprint density at radius 1 is 1.24 bits per heavy atom. The number of rotatable bonds is 9. The van der Waals surface area contributed by atoms with Gasteiger partial charge in [-0.05, 0) is 18.9 Å². The van der Waals surface area contributed by atoms with Crippen LogP contribution in [0.15, 0.2) is 6.33 Å². The third kappa shape index (κ3) is 6.41. The van der Waals surface area contributed by atoms with Gasteiger partial charge in [-0.25, -0.2) is 4.98 Å². The van der Waals surface area contributed by atoms with Gasteiger partial charge < -0.3 is 5.32 Å². The van der Waals surface area contributed by atoms with E-state index >= 15 is 0 Å². The van der Waals surface area contributed by atoms with Crippen LogP contribution >= 0.6 is 0 Å². The van der Waals surface area contributed by atoms with Crippen molar-refractivity contribution in [3.8, 4) is 0 Å². The third-order valence-electron chi connectivity index (χ3n) is 2.97. The first-order chi connectivity index (χ1) is 8.20. The molecule has 1 heterocycles. The van der Waals surface area contributed by atoms with Crippen molar-refractivity contribution in [3.63, 3.8) is 0 Å². The fraction of sp³-hybridized carbons (Fsp3) is 0.846. The average Bonchev–Trinajstić information content (AvgIpc) is 2.68. The maximum absolute atomic E-state index is 4.17. The molecule has 1 N–H and O–H groups in total. The fourth-order valence-corrected chi connectivity index (χ4v) is 1.84. The minimum Gasteiger partial charge on any atom is -0.310 e. The minimum absolute atomic E-state index is 0.822. The monoisotopic (exact) mass is 238 g/mol. The van der Waals surface area contributed by atoms with E-state index in [9.17, 15) is 0 Å². The molecule has 0 fully saturated rings. The van der Waals surface area contributed by atoms with E-state index in [4.69, 9.17) is 0 Å². The fourth-order valence-electron chi connectivity index (χ4n) is 1.84. The summed E-state index contributed by atoms with van der Waals surface area (Å²) >= 11 is 0. The highest BCUT2D eigenvalue weighted by Gasteiger charge is 1.98. The number of aromatic nitrogens is 3. The SMILES string of the molecule is CC(C)CCCCCCNCc1ncnn1C. The Kier molecular flexibility index (Phi) is 6.86. The number of unbranched alkanes of at least 4 members (excludes halogenated alkanes) is 3. The van der Waals surface area contributed by atoms with Crippen LogP contribution in [0, 0.1) is 5.92 Å². The van der Waals surface area contributed by atoms with Crippen LogP contribution in [0.25, 0.3) is 0 Å². The lowest BCUT2D eigenvalue weighted by Crippen LogP contribution is -2.17. The summed E-state index contributed by atoms with van der Waals surface area (Å²) in [6, 6.07) is 0. The molecule has 0 spiro atoms. The zero-order chi connectivity index (χ0) is 12.5. The lowest BCUT2D eigenvalue weighted by atomic mass is 10.0. The zero-order valence-corrected chi connectivity index (χ0v) is 11.4. The van der Waals surface area contributed by atoms with E-state index in [1.165, 1.54) is 32.1 Å². The Hall–Kier alpha value is -0.900. The highest BCUT2D eigenvalue weighted by Crippen LogP contribution is 2.08. The first kappa shape index (κ1) is 14.2. The summed E-state index contributed by atoms with van der Waals surface area (Å²) in [5, 5.41) is 7.44. The van der Waals surface area contributed by atoms with Crippen LogP contribution in [0.2, 0.25) is 0 Å². The summed E-state index contributed by atoms with van der Waals surface area (Å²) in [5.41, 5.74) is 0. The van der Waals surface area contributed by atoms with E-state index in [2.05, 4.69) is 29.2 Å². The van der Waals surface area contributed by atoms with Gasteiger partial charge in [0.25, 0.3) is 0 Å².